The fourth-order valence-electron chi connectivity index (χ4n) is 1.43. The van der Waals surface area contributed by atoms with E-state index < -0.39 is 23.4 Å². The first-order valence-electron chi connectivity index (χ1n) is 5.95. The van der Waals surface area contributed by atoms with E-state index in [-0.39, 0.29) is 16.4 Å². The number of nitrogens with one attached hydrogen (secondary N) is 1. The van der Waals surface area contributed by atoms with Crippen LogP contribution >= 0.6 is 11.6 Å². The van der Waals surface area contributed by atoms with Crippen molar-refractivity contribution in [2.45, 2.75) is 13.1 Å². The number of hydrogen-bond donors (Lipinski definition) is 1. The number of carbonyl (C=O) groups excluding carboxylic acids is 2. The highest BCUT2D eigenvalue weighted by Crippen LogP contribution is 2.32. The van der Waals surface area contributed by atoms with Crippen molar-refractivity contribution < 1.29 is 22.8 Å². The van der Waals surface area contributed by atoms with Gasteiger partial charge in [0.25, 0.3) is 5.91 Å². The number of halogens is 4. The van der Waals surface area contributed by atoms with Gasteiger partial charge in [-0.25, -0.2) is 4.98 Å². The Balaban J connectivity index is 3.04. The monoisotopic (exact) mass is 335 g/mol. The van der Waals surface area contributed by atoms with E-state index in [0.717, 1.165) is 0 Å². The first-order valence-corrected chi connectivity index (χ1v) is 6.33. The molecule has 22 heavy (non-hydrogen) atoms. The van der Waals surface area contributed by atoms with Crippen molar-refractivity contribution in [1.82, 2.24) is 9.88 Å². The lowest BCUT2D eigenvalue weighted by atomic mass is 10.2. The Morgan fingerprint density at radius 3 is 2.36 bits per heavy atom. The molecule has 1 aromatic heterocycles. The number of anilines is 1. The van der Waals surface area contributed by atoms with E-state index in [0.29, 0.717) is 12.3 Å². The molecule has 0 aromatic carbocycles. The predicted molar refractivity (Wildman–Crippen MR) is 75.3 cm³/mol. The second-order valence-electron chi connectivity index (χ2n) is 4.57. The predicted octanol–water partition coefficient (Wildman–Crippen LogP) is 2.73. The van der Waals surface area contributed by atoms with E-state index in [1.807, 2.05) is 0 Å². The zero-order valence-corrected chi connectivity index (χ0v) is 12.7. The van der Waals surface area contributed by atoms with Crippen LogP contribution in [0.1, 0.15) is 12.5 Å². The van der Waals surface area contributed by atoms with Gasteiger partial charge in [0.15, 0.2) is 11.6 Å². The first kappa shape index (κ1) is 18.0. The van der Waals surface area contributed by atoms with Crippen LogP contribution in [0.3, 0.4) is 0 Å². The van der Waals surface area contributed by atoms with Crippen molar-refractivity contribution >= 4 is 29.1 Å². The highest BCUT2D eigenvalue weighted by atomic mass is 35.5. The van der Waals surface area contributed by atoms with Crippen LogP contribution in [-0.4, -0.2) is 35.7 Å². The number of carbonyl (C=O) groups is 2. The maximum atomic E-state index is 12.5. The Morgan fingerprint density at radius 1 is 1.36 bits per heavy atom. The smallest absolute Gasteiger partial charge is 0.383 e. The highest BCUT2D eigenvalue weighted by Gasteiger charge is 2.31. The standard InChI is InChI=1S/C13H13ClF3N3O2/c1-7(21)9(6-20(2)3)12(22)19-11-10(14)4-8(5-18-11)13(15,16)17/h4-6H,1-3H3,(H,18,19,22)/b9-6+. The summed E-state index contributed by atoms with van der Waals surface area (Å²) < 4.78 is 37.5. The van der Waals surface area contributed by atoms with E-state index in [1.54, 1.807) is 14.1 Å². The lowest BCUT2D eigenvalue weighted by Crippen LogP contribution is -2.22. The van der Waals surface area contributed by atoms with Crippen LogP contribution in [0, 0.1) is 0 Å². The third kappa shape index (κ3) is 4.73. The third-order valence-electron chi connectivity index (χ3n) is 2.41. The van der Waals surface area contributed by atoms with Crippen LogP contribution in [-0.2, 0) is 15.8 Å². The van der Waals surface area contributed by atoms with Gasteiger partial charge in [-0.15, -0.1) is 0 Å². The Hall–Kier alpha value is -2.09. The van der Waals surface area contributed by atoms with Crippen LogP contribution in [0.25, 0.3) is 0 Å². The minimum atomic E-state index is -4.59. The summed E-state index contributed by atoms with van der Waals surface area (Å²) in [5.74, 6) is -1.57. The van der Waals surface area contributed by atoms with Gasteiger partial charge in [-0.2, -0.15) is 13.2 Å². The van der Waals surface area contributed by atoms with Crippen molar-refractivity contribution in [3.05, 3.63) is 34.6 Å². The van der Waals surface area contributed by atoms with Gasteiger partial charge < -0.3 is 10.2 Å². The summed E-state index contributed by atoms with van der Waals surface area (Å²) in [4.78, 5) is 28.4. The Kier molecular flexibility index (Phi) is 5.54. The van der Waals surface area contributed by atoms with E-state index in [9.17, 15) is 22.8 Å². The zero-order valence-electron chi connectivity index (χ0n) is 12.0. The molecular formula is C13H13ClF3N3O2. The normalized spacial score (nSPS) is 12.0. The van der Waals surface area contributed by atoms with Gasteiger partial charge in [-0.3, -0.25) is 9.59 Å². The summed E-state index contributed by atoms with van der Waals surface area (Å²) in [6.07, 6.45) is -2.76. The van der Waals surface area contributed by atoms with E-state index in [2.05, 4.69) is 10.3 Å². The number of amides is 1. The molecule has 0 unspecified atom stereocenters. The number of nitrogens with zero attached hydrogens (tertiary/aromatic N) is 2. The van der Waals surface area contributed by atoms with Gasteiger partial charge in [0.2, 0.25) is 0 Å². The van der Waals surface area contributed by atoms with Gasteiger partial charge >= 0.3 is 6.18 Å². The van der Waals surface area contributed by atoms with E-state index in [1.165, 1.54) is 18.0 Å². The van der Waals surface area contributed by atoms with Crippen LogP contribution in [0.4, 0.5) is 19.0 Å². The highest BCUT2D eigenvalue weighted by molar-refractivity contribution is 6.34. The second kappa shape index (κ2) is 6.78. The SMILES string of the molecule is CC(=O)/C(=C\N(C)C)C(=O)Nc1ncc(C(F)(F)F)cc1Cl. The fourth-order valence-corrected chi connectivity index (χ4v) is 1.64. The molecule has 9 heteroatoms. The van der Waals surface area contributed by atoms with E-state index >= 15 is 0 Å². The molecule has 1 N–H and O–H groups in total. The van der Waals surface area contributed by atoms with Crippen LogP contribution < -0.4 is 5.32 Å². The summed E-state index contributed by atoms with van der Waals surface area (Å²) in [7, 11) is 3.22. The minimum absolute atomic E-state index is 0.178. The molecule has 1 aromatic rings. The average Bonchev–Trinajstić information content (AvgIpc) is 2.36. The summed E-state index contributed by atoms with van der Waals surface area (Å²) in [6, 6.07) is 0.646. The van der Waals surface area contributed by atoms with Gasteiger partial charge in [-0.1, -0.05) is 11.6 Å². The molecule has 5 nitrogen and oxygen atoms in total. The largest absolute Gasteiger partial charge is 0.417 e. The van der Waals surface area contributed by atoms with Crippen molar-refractivity contribution in [2.75, 3.05) is 19.4 Å². The zero-order chi connectivity index (χ0) is 17.1. The number of pyridine rings is 1. The Labute approximate surface area is 129 Å². The number of ketones is 1. The quantitative estimate of drug-likeness (QED) is 0.522. The first-order chi connectivity index (χ1) is 10.0. The molecule has 0 bridgehead atoms. The maximum Gasteiger partial charge on any atom is 0.417 e. The van der Waals surface area contributed by atoms with Gasteiger partial charge in [0.05, 0.1) is 16.2 Å². The van der Waals surface area contributed by atoms with Gasteiger partial charge in [0.1, 0.15) is 0 Å². The summed E-state index contributed by atoms with van der Waals surface area (Å²) >= 11 is 5.68. The van der Waals surface area contributed by atoms with Gasteiger partial charge in [0, 0.05) is 26.5 Å². The molecule has 0 atom stereocenters. The third-order valence-corrected chi connectivity index (χ3v) is 2.70. The molecule has 1 rings (SSSR count). The van der Waals surface area contributed by atoms with Crippen LogP contribution in [0.15, 0.2) is 24.0 Å². The summed E-state index contributed by atoms with van der Waals surface area (Å²) in [6.45, 7) is 1.19. The second-order valence-corrected chi connectivity index (χ2v) is 4.98. The number of Topliss-reactive ketones (excluding diaryl/α,β-unsaturated/α-hetero) is 1. The number of alkyl halides is 3. The molecular weight excluding hydrogens is 323 g/mol. The molecule has 0 aliphatic rings. The summed E-state index contributed by atoms with van der Waals surface area (Å²) in [5, 5.41) is 1.83. The van der Waals surface area contributed by atoms with Crippen molar-refractivity contribution in [1.29, 1.82) is 0 Å². The molecule has 0 saturated heterocycles. The molecule has 0 fully saturated rings. The lowest BCUT2D eigenvalue weighted by molar-refractivity contribution is -0.137. The average molecular weight is 336 g/mol. The fraction of sp³-hybridized carbons (Fsp3) is 0.308. The molecule has 0 aliphatic carbocycles. The van der Waals surface area contributed by atoms with Gasteiger partial charge in [-0.05, 0) is 13.0 Å². The summed E-state index contributed by atoms with van der Waals surface area (Å²) in [5.41, 5.74) is -1.21. The Morgan fingerprint density at radius 2 is 1.95 bits per heavy atom. The van der Waals surface area contributed by atoms with Crippen molar-refractivity contribution in [3.63, 3.8) is 0 Å². The molecule has 120 valence electrons. The number of aromatic nitrogens is 1. The number of hydrogen-bond acceptors (Lipinski definition) is 4. The Bertz CT molecular complexity index is 627. The lowest BCUT2D eigenvalue weighted by Gasteiger charge is -2.12. The molecule has 0 spiro atoms. The topological polar surface area (TPSA) is 62.3 Å². The minimum Gasteiger partial charge on any atom is -0.383 e. The molecule has 1 heterocycles. The molecule has 0 radical (unpaired) electrons. The van der Waals surface area contributed by atoms with Crippen LogP contribution in [0.5, 0.6) is 0 Å². The van der Waals surface area contributed by atoms with E-state index in [4.69, 9.17) is 11.6 Å². The van der Waals surface area contributed by atoms with Crippen LogP contribution in [0.2, 0.25) is 5.02 Å². The van der Waals surface area contributed by atoms with Crippen molar-refractivity contribution in [3.8, 4) is 0 Å². The number of rotatable bonds is 4. The maximum absolute atomic E-state index is 12.5. The molecule has 0 aliphatic heterocycles. The van der Waals surface area contributed by atoms with Crippen molar-refractivity contribution in [2.24, 2.45) is 0 Å². The molecule has 0 saturated carbocycles. The molecule has 1 amide bonds.